The number of hydrogen-bond donors (Lipinski definition) is 1. The molecular weight excluding hydrogens is 279 g/mol. The fourth-order valence-corrected chi connectivity index (χ4v) is 2.42. The molecule has 0 radical (unpaired) electrons. The summed E-state index contributed by atoms with van der Waals surface area (Å²) >= 11 is 1.33. The van der Waals surface area contributed by atoms with E-state index in [9.17, 15) is 9.18 Å². The summed E-state index contributed by atoms with van der Waals surface area (Å²) in [6.45, 7) is 3.92. The Balaban J connectivity index is 2.08. The maximum absolute atomic E-state index is 13.7. The molecule has 1 heterocycles. The van der Waals surface area contributed by atoms with Crippen molar-refractivity contribution in [2.24, 2.45) is 0 Å². The molecule has 0 amide bonds. The Morgan fingerprint density at radius 3 is 3.00 bits per heavy atom. The van der Waals surface area contributed by atoms with E-state index < -0.39 is 0 Å². The Morgan fingerprint density at radius 1 is 1.50 bits per heavy atom. The van der Waals surface area contributed by atoms with Gasteiger partial charge in [0.15, 0.2) is 5.13 Å². The van der Waals surface area contributed by atoms with Crippen LogP contribution < -0.4 is 5.32 Å². The number of para-hydroxylation sites is 1. The molecule has 0 aliphatic rings. The van der Waals surface area contributed by atoms with Crippen LogP contribution in [0.5, 0.6) is 0 Å². The standard InChI is InChI=1S/C14H15FN2O2S/c1-3-19-12(18)7-10-8-20-14(16-10)17-13-9(2)5-4-6-11(13)15/h4-6,8H,3,7H2,1-2H3,(H,16,17). The summed E-state index contributed by atoms with van der Waals surface area (Å²) in [5.41, 5.74) is 1.82. The molecule has 1 aromatic carbocycles. The molecule has 4 nitrogen and oxygen atoms in total. The highest BCUT2D eigenvalue weighted by molar-refractivity contribution is 7.13. The number of esters is 1. The fourth-order valence-electron chi connectivity index (χ4n) is 1.70. The molecule has 20 heavy (non-hydrogen) atoms. The minimum atomic E-state index is -0.327. The molecule has 0 saturated heterocycles. The minimum Gasteiger partial charge on any atom is -0.466 e. The number of aryl methyl sites for hydroxylation is 1. The van der Waals surface area contributed by atoms with Gasteiger partial charge in [0.2, 0.25) is 0 Å². The molecule has 2 rings (SSSR count). The Hall–Kier alpha value is -1.95. The maximum atomic E-state index is 13.7. The lowest BCUT2D eigenvalue weighted by Gasteiger charge is -2.07. The van der Waals surface area contributed by atoms with Gasteiger partial charge in [0.1, 0.15) is 5.82 Å². The van der Waals surface area contributed by atoms with Gasteiger partial charge in [0.25, 0.3) is 0 Å². The Labute approximate surface area is 120 Å². The second kappa shape index (κ2) is 6.47. The molecule has 0 aliphatic heterocycles. The van der Waals surface area contributed by atoms with Gasteiger partial charge in [-0.05, 0) is 25.5 Å². The SMILES string of the molecule is CCOC(=O)Cc1csc(Nc2c(C)cccc2F)n1. The van der Waals surface area contributed by atoms with Gasteiger partial charge >= 0.3 is 5.97 Å². The van der Waals surface area contributed by atoms with Crippen molar-refractivity contribution in [1.82, 2.24) is 4.98 Å². The summed E-state index contributed by atoms with van der Waals surface area (Å²) < 4.78 is 18.6. The molecule has 2 aromatic rings. The number of hydrogen-bond acceptors (Lipinski definition) is 5. The van der Waals surface area contributed by atoms with Gasteiger partial charge in [0, 0.05) is 5.38 Å². The molecule has 1 aromatic heterocycles. The van der Waals surface area contributed by atoms with Crippen LogP contribution in [-0.2, 0) is 16.0 Å². The summed E-state index contributed by atoms with van der Waals surface area (Å²) in [4.78, 5) is 15.6. The van der Waals surface area contributed by atoms with E-state index in [0.29, 0.717) is 23.1 Å². The highest BCUT2D eigenvalue weighted by atomic mass is 32.1. The molecule has 0 fully saturated rings. The van der Waals surface area contributed by atoms with Crippen LogP contribution in [0.2, 0.25) is 0 Å². The van der Waals surface area contributed by atoms with Crippen molar-refractivity contribution in [2.75, 3.05) is 11.9 Å². The lowest BCUT2D eigenvalue weighted by molar-refractivity contribution is -0.142. The second-order valence-electron chi connectivity index (χ2n) is 4.18. The lowest BCUT2D eigenvalue weighted by atomic mass is 10.2. The van der Waals surface area contributed by atoms with Crippen molar-refractivity contribution in [1.29, 1.82) is 0 Å². The number of aromatic nitrogens is 1. The Bertz CT molecular complexity index is 593. The number of thiazole rings is 1. The lowest BCUT2D eigenvalue weighted by Crippen LogP contribution is -2.07. The third-order valence-electron chi connectivity index (χ3n) is 2.64. The monoisotopic (exact) mass is 294 g/mol. The zero-order chi connectivity index (χ0) is 14.5. The number of ether oxygens (including phenoxy) is 1. The number of anilines is 2. The quantitative estimate of drug-likeness (QED) is 0.858. The second-order valence-corrected chi connectivity index (χ2v) is 5.04. The molecule has 0 spiro atoms. The van der Waals surface area contributed by atoms with Gasteiger partial charge in [0.05, 0.1) is 24.4 Å². The van der Waals surface area contributed by atoms with Crippen molar-refractivity contribution >= 4 is 28.1 Å². The van der Waals surface area contributed by atoms with Crippen LogP contribution in [0.1, 0.15) is 18.2 Å². The first-order valence-corrected chi connectivity index (χ1v) is 7.10. The van der Waals surface area contributed by atoms with Crippen molar-refractivity contribution in [2.45, 2.75) is 20.3 Å². The van der Waals surface area contributed by atoms with E-state index in [1.807, 2.05) is 13.0 Å². The first kappa shape index (κ1) is 14.5. The largest absolute Gasteiger partial charge is 0.466 e. The molecular formula is C14H15FN2O2S. The summed E-state index contributed by atoms with van der Waals surface area (Å²) in [6.07, 6.45) is 0.127. The van der Waals surface area contributed by atoms with Crippen LogP contribution in [0.15, 0.2) is 23.6 Å². The molecule has 0 aliphatic carbocycles. The van der Waals surface area contributed by atoms with E-state index in [1.165, 1.54) is 17.4 Å². The molecule has 106 valence electrons. The van der Waals surface area contributed by atoms with E-state index in [4.69, 9.17) is 4.74 Å². The van der Waals surface area contributed by atoms with E-state index in [2.05, 4.69) is 10.3 Å². The maximum Gasteiger partial charge on any atom is 0.311 e. The van der Waals surface area contributed by atoms with E-state index >= 15 is 0 Å². The van der Waals surface area contributed by atoms with Crippen molar-refractivity contribution < 1.29 is 13.9 Å². The predicted octanol–water partition coefficient (Wildman–Crippen LogP) is 3.44. The number of benzene rings is 1. The molecule has 6 heteroatoms. The Morgan fingerprint density at radius 2 is 2.30 bits per heavy atom. The molecule has 0 bridgehead atoms. The van der Waals surface area contributed by atoms with Crippen molar-refractivity contribution in [3.8, 4) is 0 Å². The van der Waals surface area contributed by atoms with Crippen molar-refractivity contribution in [3.05, 3.63) is 40.7 Å². The number of halogens is 1. The molecule has 0 saturated carbocycles. The minimum absolute atomic E-state index is 0.127. The normalized spacial score (nSPS) is 10.3. The van der Waals surface area contributed by atoms with Gasteiger partial charge in [-0.15, -0.1) is 11.3 Å². The van der Waals surface area contributed by atoms with E-state index in [-0.39, 0.29) is 18.2 Å². The average Bonchev–Trinajstić information content (AvgIpc) is 2.82. The predicted molar refractivity (Wildman–Crippen MR) is 76.9 cm³/mol. The molecule has 0 unspecified atom stereocenters. The smallest absolute Gasteiger partial charge is 0.311 e. The van der Waals surface area contributed by atoms with E-state index in [1.54, 1.807) is 18.4 Å². The average molecular weight is 294 g/mol. The van der Waals surface area contributed by atoms with E-state index in [0.717, 1.165) is 5.56 Å². The number of nitrogens with zero attached hydrogens (tertiary/aromatic N) is 1. The highest BCUT2D eigenvalue weighted by Gasteiger charge is 2.11. The summed E-state index contributed by atoms with van der Waals surface area (Å²) in [5, 5.41) is 5.26. The molecule has 0 atom stereocenters. The molecule has 1 N–H and O–H groups in total. The number of rotatable bonds is 5. The van der Waals surface area contributed by atoms with Crippen LogP contribution in [0.25, 0.3) is 0 Å². The topological polar surface area (TPSA) is 51.2 Å². The highest BCUT2D eigenvalue weighted by Crippen LogP contribution is 2.26. The first-order chi connectivity index (χ1) is 9.60. The zero-order valence-corrected chi connectivity index (χ0v) is 12.1. The van der Waals surface area contributed by atoms with Crippen LogP contribution >= 0.6 is 11.3 Å². The van der Waals surface area contributed by atoms with Crippen molar-refractivity contribution in [3.63, 3.8) is 0 Å². The zero-order valence-electron chi connectivity index (χ0n) is 11.3. The van der Waals surface area contributed by atoms with Gasteiger partial charge < -0.3 is 10.1 Å². The van der Waals surface area contributed by atoms with Gasteiger partial charge in [-0.25, -0.2) is 9.37 Å². The fraction of sp³-hybridized carbons (Fsp3) is 0.286. The number of nitrogens with one attached hydrogen (secondary N) is 1. The van der Waals surface area contributed by atoms with Crippen LogP contribution in [0, 0.1) is 12.7 Å². The third-order valence-corrected chi connectivity index (χ3v) is 3.44. The van der Waals surface area contributed by atoms with Crippen LogP contribution in [0.3, 0.4) is 0 Å². The van der Waals surface area contributed by atoms with Gasteiger partial charge in [-0.2, -0.15) is 0 Å². The Kier molecular flexibility index (Phi) is 4.68. The van der Waals surface area contributed by atoms with Gasteiger partial charge in [-0.3, -0.25) is 4.79 Å². The first-order valence-electron chi connectivity index (χ1n) is 6.22. The number of carbonyl (C=O) groups excluding carboxylic acids is 1. The van der Waals surface area contributed by atoms with Gasteiger partial charge in [-0.1, -0.05) is 12.1 Å². The summed E-state index contributed by atoms with van der Waals surface area (Å²) in [5.74, 6) is -0.640. The van der Waals surface area contributed by atoms with Crippen LogP contribution in [-0.4, -0.2) is 17.6 Å². The van der Waals surface area contributed by atoms with Crippen LogP contribution in [0.4, 0.5) is 15.2 Å². The third kappa shape index (κ3) is 3.54. The summed E-state index contributed by atoms with van der Waals surface area (Å²) in [7, 11) is 0. The summed E-state index contributed by atoms with van der Waals surface area (Å²) in [6, 6.07) is 4.87. The number of carbonyl (C=O) groups is 1.